The van der Waals surface area contributed by atoms with E-state index in [4.69, 9.17) is 4.74 Å². The molecular weight excluding hydrogens is 264 g/mol. The van der Waals surface area contributed by atoms with Crippen molar-refractivity contribution in [3.05, 3.63) is 71.5 Å². The Morgan fingerprint density at radius 1 is 1.19 bits per heavy atom. The molecular formula is C18H18O3. The van der Waals surface area contributed by atoms with Crippen molar-refractivity contribution < 1.29 is 14.6 Å². The first-order chi connectivity index (χ1) is 10.2. The second-order valence-corrected chi connectivity index (χ2v) is 4.58. The topological polar surface area (TPSA) is 46.5 Å². The van der Waals surface area contributed by atoms with E-state index in [2.05, 4.69) is 0 Å². The van der Waals surface area contributed by atoms with E-state index in [1.165, 1.54) is 6.07 Å². The third kappa shape index (κ3) is 3.51. The molecule has 21 heavy (non-hydrogen) atoms. The molecule has 108 valence electrons. The summed E-state index contributed by atoms with van der Waals surface area (Å²) in [5, 5.41) is 10.1. The fraction of sp³-hybridized carbons (Fsp3) is 0.167. The minimum atomic E-state index is -0.207. The molecule has 0 aliphatic rings. The SMILES string of the molecule is CC=C(CC)Oc1ccc(C(=O)c2ccccc2)c(O)c1. The second-order valence-electron chi connectivity index (χ2n) is 4.58. The number of allylic oxidation sites excluding steroid dienone is 2. The zero-order valence-corrected chi connectivity index (χ0v) is 12.2. The summed E-state index contributed by atoms with van der Waals surface area (Å²) < 4.78 is 5.62. The van der Waals surface area contributed by atoms with Gasteiger partial charge < -0.3 is 9.84 Å². The standard InChI is InChI=1S/C18H18O3/c1-3-14(4-2)21-15-10-11-16(17(19)12-15)18(20)13-8-6-5-7-9-13/h3,5-12,19H,4H2,1-2H3. The number of hydrogen-bond acceptors (Lipinski definition) is 3. The number of hydrogen-bond donors (Lipinski definition) is 1. The van der Waals surface area contributed by atoms with Crippen molar-refractivity contribution in [2.45, 2.75) is 20.3 Å². The Kier molecular flexibility index (Phi) is 4.77. The molecule has 0 atom stereocenters. The van der Waals surface area contributed by atoms with Crippen LogP contribution < -0.4 is 4.74 Å². The van der Waals surface area contributed by atoms with E-state index in [1.807, 2.05) is 26.0 Å². The lowest BCUT2D eigenvalue weighted by molar-refractivity contribution is 0.103. The lowest BCUT2D eigenvalue weighted by atomic mass is 10.0. The number of carbonyl (C=O) groups excluding carboxylic acids is 1. The predicted molar refractivity (Wildman–Crippen MR) is 82.7 cm³/mol. The number of benzene rings is 2. The van der Waals surface area contributed by atoms with Crippen LogP contribution in [0.5, 0.6) is 11.5 Å². The highest BCUT2D eigenvalue weighted by Gasteiger charge is 2.14. The first kappa shape index (κ1) is 14.9. The van der Waals surface area contributed by atoms with E-state index >= 15 is 0 Å². The van der Waals surface area contributed by atoms with Crippen molar-refractivity contribution in [1.82, 2.24) is 0 Å². The van der Waals surface area contributed by atoms with E-state index in [9.17, 15) is 9.90 Å². The number of phenols is 1. The second kappa shape index (κ2) is 6.75. The van der Waals surface area contributed by atoms with Crippen molar-refractivity contribution in [3.8, 4) is 11.5 Å². The van der Waals surface area contributed by atoms with Gasteiger partial charge in [-0.2, -0.15) is 0 Å². The fourth-order valence-electron chi connectivity index (χ4n) is 2.00. The highest BCUT2D eigenvalue weighted by molar-refractivity contribution is 6.10. The molecule has 0 amide bonds. The predicted octanol–water partition coefficient (Wildman–Crippen LogP) is 4.32. The van der Waals surface area contributed by atoms with Gasteiger partial charge in [-0.25, -0.2) is 0 Å². The third-order valence-electron chi connectivity index (χ3n) is 3.17. The molecule has 3 nitrogen and oxygen atoms in total. The summed E-state index contributed by atoms with van der Waals surface area (Å²) in [6.07, 6.45) is 2.64. The maximum Gasteiger partial charge on any atom is 0.196 e. The number of phenolic OH excluding ortho intramolecular Hbond substituents is 1. The van der Waals surface area contributed by atoms with Gasteiger partial charge in [-0.05, 0) is 25.1 Å². The van der Waals surface area contributed by atoms with Gasteiger partial charge in [-0.1, -0.05) is 37.3 Å². The average Bonchev–Trinajstić information content (AvgIpc) is 2.53. The monoisotopic (exact) mass is 282 g/mol. The zero-order valence-electron chi connectivity index (χ0n) is 12.2. The molecule has 0 saturated heterocycles. The zero-order chi connectivity index (χ0) is 15.2. The lowest BCUT2D eigenvalue weighted by Gasteiger charge is -2.10. The molecule has 0 unspecified atom stereocenters. The van der Waals surface area contributed by atoms with Crippen molar-refractivity contribution in [2.75, 3.05) is 0 Å². The number of aromatic hydroxyl groups is 1. The molecule has 0 fully saturated rings. The van der Waals surface area contributed by atoms with Crippen LogP contribution >= 0.6 is 0 Å². The molecule has 0 aliphatic carbocycles. The first-order valence-electron chi connectivity index (χ1n) is 6.91. The number of ketones is 1. The third-order valence-corrected chi connectivity index (χ3v) is 3.17. The number of carbonyl (C=O) groups is 1. The largest absolute Gasteiger partial charge is 0.507 e. The van der Waals surface area contributed by atoms with Gasteiger partial charge in [-0.3, -0.25) is 4.79 Å². The fourth-order valence-corrected chi connectivity index (χ4v) is 2.00. The molecule has 0 aliphatic heterocycles. The van der Waals surface area contributed by atoms with Crippen LogP contribution in [0, 0.1) is 0 Å². The molecule has 0 aromatic heterocycles. The molecule has 0 saturated carbocycles. The summed E-state index contributed by atoms with van der Waals surface area (Å²) in [5.41, 5.74) is 0.816. The first-order valence-corrected chi connectivity index (χ1v) is 6.91. The van der Waals surface area contributed by atoms with Gasteiger partial charge in [0.05, 0.1) is 11.3 Å². The van der Waals surface area contributed by atoms with E-state index < -0.39 is 0 Å². The van der Waals surface area contributed by atoms with E-state index in [0.717, 1.165) is 12.2 Å². The minimum absolute atomic E-state index is 0.0760. The smallest absolute Gasteiger partial charge is 0.196 e. The quantitative estimate of drug-likeness (QED) is 0.656. The van der Waals surface area contributed by atoms with Crippen molar-refractivity contribution >= 4 is 5.78 Å². The van der Waals surface area contributed by atoms with E-state index in [-0.39, 0.29) is 17.1 Å². The Morgan fingerprint density at radius 3 is 2.48 bits per heavy atom. The Bertz CT molecular complexity index is 657. The van der Waals surface area contributed by atoms with Gasteiger partial charge >= 0.3 is 0 Å². The van der Waals surface area contributed by atoms with Gasteiger partial charge in [0, 0.05) is 18.1 Å². The maximum atomic E-state index is 12.3. The van der Waals surface area contributed by atoms with Crippen LogP contribution in [-0.2, 0) is 0 Å². The van der Waals surface area contributed by atoms with E-state index in [0.29, 0.717) is 11.3 Å². The molecule has 2 aromatic rings. The number of rotatable bonds is 5. The van der Waals surface area contributed by atoms with Crippen molar-refractivity contribution in [3.63, 3.8) is 0 Å². The molecule has 0 spiro atoms. The van der Waals surface area contributed by atoms with Crippen LogP contribution in [0.4, 0.5) is 0 Å². The molecule has 3 heteroatoms. The minimum Gasteiger partial charge on any atom is -0.507 e. The molecule has 0 bridgehead atoms. The normalized spacial score (nSPS) is 11.2. The molecule has 2 rings (SSSR count). The van der Waals surface area contributed by atoms with Crippen LogP contribution in [0.15, 0.2) is 60.4 Å². The van der Waals surface area contributed by atoms with Gasteiger partial charge in [0.25, 0.3) is 0 Å². The van der Waals surface area contributed by atoms with Gasteiger partial charge in [0.1, 0.15) is 11.5 Å². The number of ether oxygens (including phenoxy) is 1. The maximum absolute atomic E-state index is 12.3. The van der Waals surface area contributed by atoms with E-state index in [1.54, 1.807) is 36.4 Å². The molecule has 2 aromatic carbocycles. The molecule has 1 N–H and O–H groups in total. The average molecular weight is 282 g/mol. The van der Waals surface area contributed by atoms with Crippen LogP contribution in [0.1, 0.15) is 36.2 Å². The van der Waals surface area contributed by atoms with Gasteiger partial charge in [0.15, 0.2) is 5.78 Å². The summed E-state index contributed by atoms with van der Waals surface area (Å²) in [6, 6.07) is 13.6. The summed E-state index contributed by atoms with van der Waals surface area (Å²) in [4.78, 5) is 12.3. The van der Waals surface area contributed by atoms with Crippen LogP contribution in [0.25, 0.3) is 0 Å². The Morgan fingerprint density at radius 2 is 1.90 bits per heavy atom. The van der Waals surface area contributed by atoms with Crippen molar-refractivity contribution in [1.29, 1.82) is 0 Å². The van der Waals surface area contributed by atoms with Crippen LogP contribution in [0.2, 0.25) is 0 Å². The Hall–Kier alpha value is -2.55. The molecule has 0 heterocycles. The lowest BCUT2D eigenvalue weighted by Crippen LogP contribution is -2.02. The van der Waals surface area contributed by atoms with Gasteiger partial charge in [0.2, 0.25) is 0 Å². The highest BCUT2D eigenvalue weighted by atomic mass is 16.5. The Balaban J connectivity index is 2.26. The molecule has 0 radical (unpaired) electrons. The van der Waals surface area contributed by atoms with Crippen LogP contribution in [-0.4, -0.2) is 10.9 Å². The summed E-state index contributed by atoms with van der Waals surface area (Å²) >= 11 is 0. The Labute approximate surface area is 124 Å². The summed E-state index contributed by atoms with van der Waals surface area (Å²) in [7, 11) is 0. The van der Waals surface area contributed by atoms with Crippen LogP contribution in [0.3, 0.4) is 0 Å². The summed E-state index contributed by atoms with van der Waals surface area (Å²) in [6.45, 7) is 3.88. The van der Waals surface area contributed by atoms with Crippen molar-refractivity contribution in [2.24, 2.45) is 0 Å². The summed E-state index contributed by atoms with van der Waals surface area (Å²) in [5.74, 6) is 1.05. The van der Waals surface area contributed by atoms with Gasteiger partial charge in [-0.15, -0.1) is 0 Å². The highest BCUT2D eigenvalue weighted by Crippen LogP contribution is 2.27.